The highest BCUT2D eigenvalue weighted by molar-refractivity contribution is 6.03. The number of non-ortho nitro benzene ring substituents is 1. The Morgan fingerprint density at radius 3 is 2.61 bits per heavy atom. The molecule has 7 nitrogen and oxygen atoms in total. The number of carbonyl (C=O) groups is 2. The van der Waals surface area contributed by atoms with Crippen LogP contribution >= 0.6 is 0 Å². The van der Waals surface area contributed by atoms with Crippen molar-refractivity contribution in [2.24, 2.45) is 0 Å². The highest BCUT2D eigenvalue weighted by atomic mass is 16.6. The number of hydrogen-bond acceptors (Lipinski definition) is 5. The summed E-state index contributed by atoms with van der Waals surface area (Å²) in [5.74, 6) is -2.31. The molecule has 7 heteroatoms. The molecule has 0 aliphatic rings. The normalized spacial score (nSPS) is 9.56. The molecular formula is C11H9NO6. The van der Waals surface area contributed by atoms with Crippen LogP contribution in [-0.4, -0.2) is 28.6 Å². The molecule has 0 heterocycles. The Balaban J connectivity index is 3.22. The Morgan fingerprint density at radius 2 is 2.11 bits per heavy atom. The molecule has 18 heavy (non-hydrogen) atoms. The number of ether oxygens (including phenoxy) is 1. The summed E-state index contributed by atoms with van der Waals surface area (Å²) in [7, 11) is 0. The molecule has 0 atom stereocenters. The average molecular weight is 251 g/mol. The van der Waals surface area contributed by atoms with Gasteiger partial charge < -0.3 is 9.84 Å². The van der Waals surface area contributed by atoms with Crippen molar-refractivity contribution in [3.05, 3.63) is 52.1 Å². The fourth-order valence-electron chi connectivity index (χ4n) is 1.21. The van der Waals surface area contributed by atoms with Crippen molar-refractivity contribution in [3.63, 3.8) is 0 Å². The SMILES string of the molecule is C=CCOC(=O)c1cc([N+](=O)[O-])ccc1C(=O)O. The van der Waals surface area contributed by atoms with Gasteiger partial charge in [0.05, 0.1) is 16.1 Å². The maximum atomic E-state index is 11.5. The molecule has 1 N–H and O–H groups in total. The summed E-state index contributed by atoms with van der Waals surface area (Å²) in [5, 5.41) is 19.4. The third-order valence-corrected chi connectivity index (χ3v) is 2.00. The van der Waals surface area contributed by atoms with E-state index in [2.05, 4.69) is 11.3 Å². The van der Waals surface area contributed by atoms with E-state index in [4.69, 9.17) is 5.11 Å². The molecule has 0 aromatic heterocycles. The first-order valence-electron chi connectivity index (χ1n) is 4.77. The zero-order chi connectivity index (χ0) is 13.7. The van der Waals surface area contributed by atoms with E-state index in [1.807, 2.05) is 0 Å². The molecule has 0 aliphatic heterocycles. The number of hydrogen-bond donors (Lipinski definition) is 1. The van der Waals surface area contributed by atoms with Crippen LogP contribution < -0.4 is 0 Å². The van der Waals surface area contributed by atoms with Crippen LogP contribution in [0, 0.1) is 10.1 Å². The van der Waals surface area contributed by atoms with E-state index in [9.17, 15) is 19.7 Å². The summed E-state index contributed by atoms with van der Waals surface area (Å²) in [4.78, 5) is 32.3. The minimum absolute atomic E-state index is 0.111. The summed E-state index contributed by atoms with van der Waals surface area (Å²) in [6.45, 7) is 3.22. The molecule has 0 saturated heterocycles. The fourth-order valence-corrected chi connectivity index (χ4v) is 1.21. The van der Waals surface area contributed by atoms with E-state index >= 15 is 0 Å². The second-order valence-electron chi connectivity index (χ2n) is 3.18. The van der Waals surface area contributed by atoms with E-state index in [0.717, 1.165) is 18.2 Å². The number of rotatable bonds is 5. The molecule has 0 unspecified atom stereocenters. The van der Waals surface area contributed by atoms with Gasteiger partial charge in [-0.2, -0.15) is 0 Å². The molecule has 0 bridgehead atoms. The van der Waals surface area contributed by atoms with Crippen molar-refractivity contribution in [2.45, 2.75) is 0 Å². The predicted molar refractivity (Wildman–Crippen MR) is 60.5 cm³/mol. The number of esters is 1. The topological polar surface area (TPSA) is 107 Å². The van der Waals surface area contributed by atoms with Crippen molar-refractivity contribution < 1.29 is 24.4 Å². The van der Waals surface area contributed by atoms with Gasteiger partial charge in [-0.1, -0.05) is 12.7 Å². The van der Waals surface area contributed by atoms with Crippen LogP contribution in [0.1, 0.15) is 20.7 Å². The van der Waals surface area contributed by atoms with E-state index in [1.165, 1.54) is 6.08 Å². The molecule has 1 aromatic rings. The molecular weight excluding hydrogens is 242 g/mol. The molecule has 0 saturated carbocycles. The van der Waals surface area contributed by atoms with Gasteiger partial charge in [0, 0.05) is 12.1 Å². The Kier molecular flexibility index (Phi) is 4.14. The van der Waals surface area contributed by atoms with Crippen LogP contribution in [-0.2, 0) is 4.74 Å². The number of nitrogens with zero attached hydrogens (tertiary/aromatic N) is 1. The maximum Gasteiger partial charge on any atom is 0.339 e. The molecule has 1 rings (SSSR count). The first kappa shape index (κ1) is 13.4. The molecule has 0 spiro atoms. The Hall–Kier alpha value is -2.70. The quantitative estimate of drug-likeness (QED) is 0.369. The van der Waals surface area contributed by atoms with E-state index in [0.29, 0.717) is 0 Å². The first-order chi connectivity index (χ1) is 8.47. The number of nitro groups is 1. The van der Waals surface area contributed by atoms with Crippen LogP contribution in [0.3, 0.4) is 0 Å². The van der Waals surface area contributed by atoms with E-state index < -0.39 is 16.9 Å². The van der Waals surface area contributed by atoms with Gasteiger partial charge in [0.25, 0.3) is 5.69 Å². The van der Waals surface area contributed by atoms with Crippen LogP contribution in [0.15, 0.2) is 30.9 Å². The third kappa shape index (κ3) is 2.91. The summed E-state index contributed by atoms with van der Waals surface area (Å²) < 4.78 is 4.66. The summed E-state index contributed by atoms with van der Waals surface area (Å²) >= 11 is 0. The second-order valence-corrected chi connectivity index (χ2v) is 3.18. The van der Waals surface area contributed by atoms with Gasteiger partial charge in [-0.05, 0) is 6.07 Å². The van der Waals surface area contributed by atoms with E-state index in [1.54, 1.807) is 0 Å². The average Bonchev–Trinajstić information content (AvgIpc) is 2.34. The lowest BCUT2D eigenvalue weighted by molar-refractivity contribution is -0.384. The number of benzene rings is 1. The lowest BCUT2D eigenvalue weighted by atomic mass is 10.1. The van der Waals surface area contributed by atoms with E-state index in [-0.39, 0.29) is 23.4 Å². The Labute approximate surface area is 101 Å². The highest BCUT2D eigenvalue weighted by Crippen LogP contribution is 2.19. The van der Waals surface area contributed by atoms with Gasteiger partial charge >= 0.3 is 11.9 Å². The van der Waals surface area contributed by atoms with Crippen LogP contribution in [0.4, 0.5) is 5.69 Å². The third-order valence-electron chi connectivity index (χ3n) is 2.00. The van der Waals surface area contributed by atoms with Crippen molar-refractivity contribution in [1.29, 1.82) is 0 Å². The lowest BCUT2D eigenvalue weighted by Crippen LogP contribution is -2.12. The fraction of sp³-hybridized carbons (Fsp3) is 0.0909. The van der Waals surface area contributed by atoms with Gasteiger partial charge in [-0.15, -0.1) is 0 Å². The Morgan fingerprint density at radius 1 is 1.44 bits per heavy atom. The molecule has 0 radical (unpaired) electrons. The number of nitro benzene ring substituents is 1. The minimum Gasteiger partial charge on any atom is -0.478 e. The zero-order valence-corrected chi connectivity index (χ0v) is 9.16. The predicted octanol–water partition coefficient (Wildman–Crippen LogP) is 1.64. The monoisotopic (exact) mass is 251 g/mol. The number of carboxylic acids is 1. The van der Waals surface area contributed by atoms with Crippen LogP contribution in [0.5, 0.6) is 0 Å². The van der Waals surface area contributed by atoms with Gasteiger partial charge in [-0.3, -0.25) is 10.1 Å². The van der Waals surface area contributed by atoms with Crippen molar-refractivity contribution in [2.75, 3.05) is 6.61 Å². The van der Waals surface area contributed by atoms with Crippen LogP contribution in [0.2, 0.25) is 0 Å². The summed E-state index contributed by atoms with van der Waals surface area (Å²) in [6, 6.07) is 2.87. The highest BCUT2D eigenvalue weighted by Gasteiger charge is 2.21. The maximum absolute atomic E-state index is 11.5. The smallest absolute Gasteiger partial charge is 0.339 e. The molecule has 0 amide bonds. The second kappa shape index (κ2) is 5.58. The Bertz CT molecular complexity index is 522. The molecule has 1 aromatic carbocycles. The van der Waals surface area contributed by atoms with Crippen LogP contribution in [0.25, 0.3) is 0 Å². The van der Waals surface area contributed by atoms with Gasteiger partial charge in [0.1, 0.15) is 6.61 Å². The number of carbonyl (C=O) groups excluding carboxylic acids is 1. The lowest BCUT2D eigenvalue weighted by Gasteiger charge is -2.05. The van der Waals surface area contributed by atoms with Crippen molar-refractivity contribution >= 4 is 17.6 Å². The zero-order valence-electron chi connectivity index (χ0n) is 9.16. The van der Waals surface area contributed by atoms with Gasteiger partial charge in [-0.25, -0.2) is 9.59 Å². The van der Waals surface area contributed by atoms with Crippen molar-refractivity contribution in [3.8, 4) is 0 Å². The number of carboxylic acid groups (broad SMARTS) is 1. The standard InChI is InChI=1S/C11H9NO6/c1-2-5-18-11(15)9-6-7(12(16)17)3-4-8(9)10(13)14/h2-4,6H,1,5H2,(H,13,14). The van der Waals surface area contributed by atoms with Gasteiger partial charge in [0.2, 0.25) is 0 Å². The summed E-state index contributed by atoms with van der Waals surface area (Å²) in [6.07, 6.45) is 1.30. The van der Waals surface area contributed by atoms with Gasteiger partial charge in [0.15, 0.2) is 0 Å². The molecule has 0 aliphatic carbocycles. The largest absolute Gasteiger partial charge is 0.478 e. The first-order valence-corrected chi connectivity index (χ1v) is 4.77. The van der Waals surface area contributed by atoms with Crippen molar-refractivity contribution in [1.82, 2.24) is 0 Å². The summed E-state index contributed by atoms with van der Waals surface area (Å²) in [5.41, 5.74) is -1.10. The minimum atomic E-state index is -1.37. The number of aromatic carboxylic acids is 1. The molecule has 0 fully saturated rings. The molecule has 94 valence electrons.